The van der Waals surface area contributed by atoms with Crippen LogP contribution < -0.4 is 15.4 Å². The summed E-state index contributed by atoms with van der Waals surface area (Å²) in [6.07, 6.45) is 4.84. The third-order valence-electron chi connectivity index (χ3n) is 4.57. The maximum atomic E-state index is 5.78. The Morgan fingerprint density at radius 1 is 1.14 bits per heavy atom. The average Bonchev–Trinajstić information content (AvgIpc) is 2.46. The lowest BCUT2D eigenvalue weighted by atomic mass is 9.74. The Labute approximate surface area is 127 Å². The van der Waals surface area contributed by atoms with Gasteiger partial charge in [-0.25, -0.2) is 0 Å². The number of nitrogens with zero attached hydrogens (tertiary/aromatic N) is 4. The Balaban J connectivity index is 2.11. The van der Waals surface area contributed by atoms with Crippen molar-refractivity contribution in [3.8, 4) is 6.01 Å². The van der Waals surface area contributed by atoms with Crippen molar-refractivity contribution in [1.29, 1.82) is 0 Å². The van der Waals surface area contributed by atoms with E-state index in [0.29, 0.717) is 17.4 Å². The van der Waals surface area contributed by atoms with Gasteiger partial charge in [0.2, 0.25) is 11.9 Å². The highest BCUT2D eigenvalue weighted by atomic mass is 16.5. The van der Waals surface area contributed by atoms with Gasteiger partial charge in [-0.1, -0.05) is 26.7 Å². The van der Waals surface area contributed by atoms with Crippen LogP contribution in [-0.4, -0.2) is 34.1 Å². The van der Waals surface area contributed by atoms with Crippen LogP contribution in [0.15, 0.2) is 0 Å². The monoisotopic (exact) mass is 293 g/mol. The first-order valence-electron chi connectivity index (χ1n) is 7.91. The second-order valence-corrected chi connectivity index (χ2v) is 6.14. The van der Waals surface area contributed by atoms with Gasteiger partial charge in [-0.3, -0.25) is 0 Å². The van der Waals surface area contributed by atoms with Gasteiger partial charge >= 0.3 is 6.01 Å². The molecule has 6 heteroatoms. The molecule has 1 aromatic rings. The lowest BCUT2D eigenvalue weighted by Crippen LogP contribution is -2.40. The van der Waals surface area contributed by atoms with Crippen LogP contribution in [0.3, 0.4) is 0 Å². The molecule has 21 heavy (non-hydrogen) atoms. The minimum absolute atomic E-state index is 0.0221. The molecule has 1 aromatic heterocycles. The predicted molar refractivity (Wildman–Crippen MR) is 84.5 cm³/mol. The Hall–Kier alpha value is -1.59. The highest BCUT2D eigenvalue weighted by molar-refractivity contribution is 5.36. The van der Waals surface area contributed by atoms with E-state index in [1.54, 1.807) is 0 Å². The summed E-state index contributed by atoms with van der Waals surface area (Å²) in [7, 11) is 0. The van der Waals surface area contributed by atoms with Crippen molar-refractivity contribution in [2.45, 2.75) is 59.5 Å². The second-order valence-electron chi connectivity index (χ2n) is 6.14. The lowest BCUT2D eigenvalue weighted by Gasteiger charge is -2.41. The molecule has 0 saturated carbocycles. The number of anilines is 2. The number of rotatable bonds is 5. The highest BCUT2D eigenvalue weighted by Crippen LogP contribution is 2.38. The van der Waals surface area contributed by atoms with E-state index in [-0.39, 0.29) is 12.1 Å². The van der Waals surface area contributed by atoms with Crippen molar-refractivity contribution in [3.63, 3.8) is 0 Å². The van der Waals surface area contributed by atoms with Gasteiger partial charge in [0, 0.05) is 13.1 Å². The Kier molecular flexibility index (Phi) is 4.85. The number of hydrogen-bond acceptors (Lipinski definition) is 6. The molecule has 0 aromatic carbocycles. The van der Waals surface area contributed by atoms with Crippen molar-refractivity contribution in [1.82, 2.24) is 15.0 Å². The minimum Gasteiger partial charge on any atom is -0.461 e. The SMILES string of the molecule is CCC1(CC)CCN(c2nc(N)nc(OC(C)C)n2)CC1. The zero-order valence-corrected chi connectivity index (χ0v) is 13.6. The molecule has 1 saturated heterocycles. The van der Waals surface area contributed by atoms with Crippen LogP contribution in [0, 0.1) is 5.41 Å². The summed E-state index contributed by atoms with van der Waals surface area (Å²) < 4.78 is 5.54. The normalized spacial score (nSPS) is 18.0. The van der Waals surface area contributed by atoms with Crippen molar-refractivity contribution in [2.24, 2.45) is 5.41 Å². The van der Waals surface area contributed by atoms with E-state index in [0.717, 1.165) is 13.1 Å². The van der Waals surface area contributed by atoms with Crippen molar-refractivity contribution in [3.05, 3.63) is 0 Å². The Morgan fingerprint density at radius 2 is 1.76 bits per heavy atom. The molecule has 0 unspecified atom stereocenters. The topological polar surface area (TPSA) is 77.2 Å². The highest BCUT2D eigenvalue weighted by Gasteiger charge is 2.32. The molecule has 2 N–H and O–H groups in total. The van der Waals surface area contributed by atoms with Crippen LogP contribution in [-0.2, 0) is 0 Å². The molecule has 0 atom stereocenters. The Bertz CT molecular complexity index is 463. The molecule has 0 amide bonds. The molecule has 0 bridgehead atoms. The summed E-state index contributed by atoms with van der Waals surface area (Å²) in [5, 5.41) is 0. The standard InChI is InChI=1S/C15H27N5O/c1-5-15(6-2)7-9-20(10-8-15)13-17-12(16)18-14(19-13)21-11(3)4/h11H,5-10H2,1-4H3,(H2,16,17,18,19). The fraction of sp³-hybridized carbons (Fsp3) is 0.800. The summed E-state index contributed by atoms with van der Waals surface area (Å²) in [6.45, 7) is 10.4. The number of hydrogen-bond donors (Lipinski definition) is 1. The minimum atomic E-state index is 0.0221. The molecule has 0 spiro atoms. The molecule has 6 nitrogen and oxygen atoms in total. The first-order chi connectivity index (χ1) is 9.98. The van der Waals surface area contributed by atoms with Crippen molar-refractivity contribution < 1.29 is 4.74 Å². The molecule has 0 aliphatic carbocycles. The molecule has 1 aliphatic rings. The summed E-state index contributed by atoms with van der Waals surface area (Å²) in [4.78, 5) is 14.9. The molecule has 118 valence electrons. The van der Waals surface area contributed by atoms with E-state index in [9.17, 15) is 0 Å². The number of ether oxygens (including phenoxy) is 1. The summed E-state index contributed by atoms with van der Waals surface area (Å²) in [5.41, 5.74) is 6.26. The molecule has 2 rings (SSSR count). The number of nitrogen functional groups attached to an aromatic ring is 1. The van der Waals surface area contributed by atoms with Gasteiger partial charge in [-0.15, -0.1) is 0 Å². The maximum Gasteiger partial charge on any atom is 0.323 e. The largest absolute Gasteiger partial charge is 0.461 e. The first-order valence-corrected chi connectivity index (χ1v) is 7.91. The van der Waals surface area contributed by atoms with Crippen LogP contribution in [0.4, 0.5) is 11.9 Å². The fourth-order valence-corrected chi connectivity index (χ4v) is 2.90. The van der Waals surface area contributed by atoms with Gasteiger partial charge in [-0.05, 0) is 32.1 Å². The zero-order chi connectivity index (χ0) is 15.5. The Morgan fingerprint density at radius 3 is 2.29 bits per heavy atom. The van der Waals surface area contributed by atoms with Gasteiger partial charge < -0.3 is 15.4 Å². The maximum absolute atomic E-state index is 5.78. The van der Waals surface area contributed by atoms with Crippen LogP contribution >= 0.6 is 0 Å². The summed E-state index contributed by atoms with van der Waals surface area (Å²) >= 11 is 0. The quantitative estimate of drug-likeness (QED) is 0.899. The van der Waals surface area contributed by atoms with Crippen LogP contribution in [0.2, 0.25) is 0 Å². The predicted octanol–water partition coefficient (Wildman–Crippen LogP) is 2.65. The number of nitrogens with two attached hydrogens (primary N) is 1. The van der Waals surface area contributed by atoms with E-state index in [1.807, 2.05) is 13.8 Å². The molecular weight excluding hydrogens is 266 g/mol. The van der Waals surface area contributed by atoms with E-state index >= 15 is 0 Å². The molecule has 1 aliphatic heterocycles. The molecular formula is C15H27N5O. The van der Waals surface area contributed by atoms with Gasteiger partial charge in [0.1, 0.15) is 0 Å². The van der Waals surface area contributed by atoms with Gasteiger partial charge in [0.05, 0.1) is 6.10 Å². The average molecular weight is 293 g/mol. The summed E-state index contributed by atoms with van der Waals surface area (Å²) in [6, 6.07) is 0.315. The van der Waals surface area contributed by atoms with E-state index < -0.39 is 0 Å². The molecule has 2 heterocycles. The van der Waals surface area contributed by atoms with Gasteiger partial charge in [0.25, 0.3) is 0 Å². The fourth-order valence-electron chi connectivity index (χ4n) is 2.90. The molecule has 0 radical (unpaired) electrons. The zero-order valence-electron chi connectivity index (χ0n) is 13.6. The van der Waals surface area contributed by atoms with Crippen LogP contribution in [0.5, 0.6) is 6.01 Å². The first kappa shape index (κ1) is 15.8. The number of aromatic nitrogens is 3. The van der Waals surface area contributed by atoms with Crippen LogP contribution in [0.25, 0.3) is 0 Å². The summed E-state index contributed by atoms with van der Waals surface area (Å²) in [5.74, 6) is 0.859. The van der Waals surface area contributed by atoms with Crippen LogP contribution in [0.1, 0.15) is 53.4 Å². The smallest absolute Gasteiger partial charge is 0.323 e. The third-order valence-corrected chi connectivity index (χ3v) is 4.57. The second kappa shape index (κ2) is 6.45. The van der Waals surface area contributed by atoms with Crippen molar-refractivity contribution in [2.75, 3.05) is 23.7 Å². The van der Waals surface area contributed by atoms with Crippen molar-refractivity contribution >= 4 is 11.9 Å². The van der Waals surface area contributed by atoms with E-state index in [1.165, 1.54) is 25.7 Å². The lowest BCUT2D eigenvalue weighted by molar-refractivity contribution is 0.197. The molecule has 1 fully saturated rings. The number of piperidine rings is 1. The van der Waals surface area contributed by atoms with E-state index in [2.05, 4.69) is 33.7 Å². The van der Waals surface area contributed by atoms with Gasteiger partial charge in [-0.2, -0.15) is 15.0 Å². The van der Waals surface area contributed by atoms with Gasteiger partial charge in [0.15, 0.2) is 0 Å². The third kappa shape index (κ3) is 3.74. The van der Waals surface area contributed by atoms with E-state index in [4.69, 9.17) is 10.5 Å².